The SMILES string of the molecule is C.CN1CCN(CCC(=O)Nc2ccc3c(=O)n(CC4(O)CCN(C(=O)CCCCCC(=O)c5ccc6c(Cl)c7c(nc6c5)CCCC7)CC4)cnc3c2)CC1.CN1CCN(CCC(=O)Nc2ccc3c(=O)n(CC4(O)CCN(C(=O)CCNC(=O)OC(C)(C)C)CC4)cnc3c2)CC1.S=S=S=S. The molecule has 560 valence electrons. The number of carbonyl (C=O) groups is 6. The van der Waals surface area contributed by atoms with E-state index >= 15 is 0 Å². The van der Waals surface area contributed by atoms with Crippen molar-refractivity contribution in [1.29, 1.82) is 0 Å². The molecule has 4 aliphatic heterocycles. The maximum absolute atomic E-state index is 13.4. The minimum Gasteiger partial charge on any atom is -0.444 e. The second-order valence-corrected chi connectivity index (χ2v) is 32.4. The van der Waals surface area contributed by atoms with E-state index in [1.54, 1.807) is 67.0 Å². The molecule has 0 spiro atoms. The van der Waals surface area contributed by atoms with Crippen molar-refractivity contribution in [3.05, 3.63) is 110 Å². The predicted molar refractivity (Wildman–Crippen MR) is 414 cm³/mol. The van der Waals surface area contributed by atoms with E-state index < -0.39 is 22.9 Å². The Labute approximate surface area is 623 Å². The van der Waals surface area contributed by atoms with E-state index in [1.165, 1.54) is 39.5 Å². The molecule has 1 aliphatic carbocycles. The number of piperazine rings is 2. The second-order valence-electron chi connectivity index (χ2n) is 28.5. The zero-order valence-electron chi connectivity index (χ0n) is 59.2. The van der Waals surface area contributed by atoms with Crippen molar-refractivity contribution in [1.82, 2.24) is 58.8 Å². The van der Waals surface area contributed by atoms with E-state index in [-0.39, 0.29) is 74.0 Å². The Balaban J connectivity index is 0.000000253. The molecule has 0 saturated carbocycles. The van der Waals surface area contributed by atoms with Crippen LogP contribution in [0.4, 0.5) is 16.2 Å². The summed E-state index contributed by atoms with van der Waals surface area (Å²) in [5.41, 5.74) is 2.28. The number of hydrogen-bond donors (Lipinski definition) is 5. The molecule has 5 aliphatic rings. The lowest BCUT2D eigenvalue weighted by molar-refractivity contribution is -0.136. The highest BCUT2D eigenvalue weighted by molar-refractivity contribution is 8.51. The number of nitrogens with zero attached hydrogens (tertiary/aromatic N) is 11. The quantitative estimate of drug-likeness (QED) is 0.0334. The van der Waals surface area contributed by atoms with Gasteiger partial charge in [-0.2, -0.15) is 0 Å². The van der Waals surface area contributed by atoms with Gasteiger partial charge in [-0.25, -0.2) is 14.8 Å². The van der Waals surface area contributed by atoms with Crippen LogP contribution in [0.5, 0.6) is 0 Å². The smallest absolute Gasteiger partial charge is 0.407 e. The molecular weight excluding hydrogens is 1410 g/mol. The van der Waals surface area contributed by atoms with Crippen LogP contribution < -0.4 is 27.1 Å². The number of likely N-dealkylation sites (tertiary alicyclic amines) is 2. The van der Waals surface area contributed by atoms with Gasteiger partial charge in [0.1, 0.15) is 5.60 Å². The maximum Gasteiger partial charge on any atom is 0.407 e. The van der Waals surface area contributed by atoms with Crippen LogP contribution in [0, 0.1) is 0 Å². The molecule has 0 unspecified atom stereocenters. The number of amides is 5. The van der Waals surface area contributed by atoms with Gasteiger partial charge < -0.3 is 60.3 Å². The van der Waals surface area contributed by atoms with Crippen molar-refractivity contribution in [2.75, 3.05) is 123 Å². The Hall–Kier alpha value is -6.90. The minimum atomic E-state index is -1.16. The molecule has 5 amide bonds. The third-order valence-electron chi connectivity index (χ3n) is 19.6. The van der Waals surface area contributed by atoms with Gasteiger partial charge in [0, 0.05) is 198 Å². The van der Waals surface area contributed by atoms with Crippen molar-refractivity contribution >= 4 is 131 Å². The number of pyridine rings is 1. The van der Waals surface area contributed by atoms with Gasteiger partial charge in [0.25, 0.3) is 11.1 Å². The summed E-state index contributed by atoms with van der Waals surface area (Å²) in [6.45, 7) is 16.3. The number of hydrogen-bond acceptors (Lipinski definition) is 20. The van der Waals surface area contributed by atoms with Crippen LogP contribution in [0.2, 0.25) is 5.02 Å². The van der Waals surface area contributed by atoms with E-state index in [1.807, 2.05) is 18.2 Å². The molecule has 4 saturated heterocycles. The molecule has 7 heterocycles. The first-order valence-electron chi connectivity index (χ1n) is 35.4. The number of halogens is 1. The number of unbranched alkanes of at least 4 members (excludes halogenated alkanes) is 2. The van der Waals surface area contributed by atoms with Crippen LogP contribution in [0.3, 0.4) is 0 Å². The van der Waals surface area contributed by atoms with Crippen molar-refractivity contribution in [2.45, 2.75) is 161 Å². The number of Topliss-reactive ketones (excluding diaryl/α,β-unsaturated/α-hetero) is 1. The van der Waals surface area contributed by atoms with Gasteiger partial charge in [-0.15, -0.1) is 0 Å². The number of piperidine rings is 2. The van der Waals surface area contributed by atoms with Gasteiger partial charge in [0.15, 0.2) is 5.78 Å². The third kappa shape index (κ3) is 24.1. The lowest BCUT2D eigenvalue weighted by Crippen LogP contribution is -2.50. The Morgan fingerprint density at radius 1 is 0.592 bits per heavy atom. The average molecular weight is 1510 g/mol. The molecule has 25 nitrogen and oxygen atoms in total. The maximum atomic E-state index is 13.4. The topological polar surface area (TPSA) is 290 Å². The molecule has 3 aromatic heterocycles. The van der Waals surface area contributed by atoms with E-state index in [0.29, 0.717) is 142 Å². The summed E-state index contributed by atoms with van der Waals surface area (Å²) in [4.78, 5) is 128. The number of nitrogens with one attached hydrogen (secondary N) is 3. The van der Waals surface area contributed by atoms with Crippen LogP contribution in [0.25, 0.3) is 32.7 Å². The van der Waals surface area contributed by atoms with Gasteiger partial charge in [-0.3, -0.25) is 47.7 Å². The molecule has 30 heteroatoms. The standard InChI is InChI=1S/C42H52ClN7O5.C30H45N7O6.CH4.S4/c1-47-21-23-48(24-22-47)18-15-38(52)45-30-12-14-33-35(26-30)44-28-50(41(33)54)27-42(55)16-19-49(20-17-42)39(53)10-4-2-3-9-37(51)29-11-13-32-36(25-29)46-34-8-6-5-7-31(34)40(32)43;1-29(2,3)43-28(41)31-11-7-26(39)36-13-9-30(42,10-14-36)20-37-21-32-24-19-22(5-6-23(24)27(37)40)33-25(38)8-12-35-17-15-34(4)16-18-35;;1-3-4-2/h11-14,25-26,28,55H,2-10,15-24,27H2,1H3,(H,45,52);5-6,19,21,42H,7-18,20H2,1-4H3,(H,31,41)(H,33,38);1H4;. The number of ether oxygens (including phenoxy) is 1. The molecule has 3 aromatic carbocycles. The fourth-order valence-corrected chi connectivity index (χ4v) is 13.8. The number of carbonyl (C=O) groups excluding carboxylic acids is 6. The van der Waals surface area contributed by atoms with Crippen LogP contribution in [0.1, 0.15) is 140 Å². The molecular formula is C73H101ClN14O11S4. The summed E-state index contributed by atoms with van der Waals surface area (Å²) in [6, 6.07) is 15.7. The average Bonchev–Trinajstić information content (AvgIpc) is 0.761. The first kappa shape index (κ1) is 81.8. The number of rotatable bonds is 22. The fourth-order valence-electron chi connectivity index (χ4n) is 13.4. The molecule has 0 atom stereocenters. The Morgan fingerprint density at radius 3 is 1.54 bits per heavy atom. The minimum absolute atomic E-state index is 0. The van der Waals surface area contributed by atoms with Gasteiger partial charge in [-0.1, -0.05) is 37.6 Å². The summed E-state index contributed by atoms with van der Waals surface area (Å²) in [7, 11) is 6.54. The number of aryl methyl sites for hydroxylation is 1. The monoisotopic (exact) mass is 1510 g/mol. The van der Waals surface area contributed by atoms with E-state index in [2.05, 4.69) is 82.0 Å². The summed E-state index contributed by atoms with van der Waals surface area (Å²) < 4.78 is 8.01. The molecule has 0 bridgehead atoms. The zero-order valence-corrected chi connectivity index (χ0v) is 63.2. The zero-order chi connectivity index (χ0) is 73.1. The number of benzene rings is 3. The second kappa shape index (κ2) is 38.4. The summed E-state index contributed by atoms with van der Waals surface area (Å²) >= 11 is 15.4. The van der Waals surface area contributed by atoms with E-state index in [0.717, 1.165) is 112 Å². The van der Waals surface area contributed by atoms with Crippen molar-refractivity contribution in [3.8, 4) is 0 Å². The highest BCUT2D eigenvalue weighted by atomic mass is 35.5. The van der Waals surface area contributed by atoms with Gasteiger partial charge in [0.2, 0.25) is 23.6 Å². The summed E-state index contributed by atoms with van der Waals surface area (Å²) in [5.74, 6) is -0.172. The highest BCUT2D eigenvalue weighted by Crippen LogP contribution is 2.34. The number of ketones is 1. The summed E-state index contributed by atoms with van der Waals surface area (Å²) in [6.07, 6.45) is 11.6. The number of aliphatic hydroxyl groups is 2. The van der Waals surface area contributed by atoms with Crippen LogP contribution in [0.15, 0.2) is 76.8 Å². The van der Waals surface area contributed by atoms with Gasteiger partial charge in [-0.05, 0) is 147 Å². The summed E-state index contributed by atoms with van der Waals surface area (Å²) in [5, 5.41) is 33.5. The first-order chi connectivity index (χ1) is 48.8. The van der Waals surface area contributed by atoms with Crippen LogP contribution in [-0.2, 0) is 90.0 Å². The normalized spacial score (nSPS) is 17.1. The number of likely N-dealkylation sites (N-methyl/N-ethyl adjacent to an activating group) is 2. The number of anilines is 2. The number of fused-ring (bicyclic) bond motifs is 4. The van der Waals surface area contributed by atoms with Crippen LogP contribution in [-0.4, -0.2) is 228 Å². The van der Waals surface area contributed by atoms with Crippen molar-refractivity contribution < 1.29 is 43.7 Å². The molecule has 103 heavy (non-hydrogen) atoms. The molecule has 6 aromatic rings. The molecule has 5 N–H and O–H groups in total. The van der Waals surface area contributed by atoms with Gasteiger partial charge in [0.05, 0.1) is 69.3 Å². The fraction of sp³-hybridized carbons (Fsp3) is 0.575. The number of alkyl carbamates (subject to hydrolysis) is 1. The Kier molecular flexibility index (Phi) is 30.5. The predicted octanol–water partition coefficient (Wildman–Crippen LogP) is 7.11. The van der Waals surface area contributed by atoms with Crippen molar-refractivity contribution in [3.63, 3.8) is 0 Å². The van der Waals surface area contributed by atoms with E-state index in [9.17, 15) is 48.6 Å². The molecule has 4 fully saturated rings. The Bertz CT molecular complexity index is 4180. The lowest BCUT2D eigenvalue weighted by Gasteiger charge is -2.38. The van der Waals surface area contributed by atoms with Crippen LogP contribution >= 0.6 is 11.6 Å². The molecule has 11 rings (SSSR count). The first-order valence-corrected chi connectivity index (χ1v) is 39.7. The lowest BCUT2D eigenvalue weighted by atomic mass is 9.91. The van der Waals surface area contributed by atoms with E-state index in [4.69, 9.17) is 21.3 Å². The highest BCUT2D eigenvalue weighted by Gasteiger charge is 2.37. The van der Waals surface area contributed by atoms with Crippen molar-refractivity contribution in [2.24, 2.45) is 0 Å². The largest absolute Gasteiger partial charge is 0.444 e. The Morgan fingerprint density at radius 2 is 1.06 bits per heavy atom. The molecule has 0 radical (unpaired) electrons. The third-order valence-corrected chi connectivity index (χ3v) is 22.2. The van der Waals surface area contributed by atoms with Gasteiger partial charge >= 0.3 is 6.09 Å². The number of aromatic nitrogens is 5.